The second kappa shape index (κ2) is 4.37. The molecule has 1 aliphatic heterocycles. The second-order valence-electron chi connectivity index (χ2n) is 4.54. The van der Waals surface area contributed by atoms with E-state index in [1.165, 1.54) is 0 Å². The fourth-order valence-corrected chi connectivity index (χ4v) is 2.25. The summed E-state index contributed by atoms with van der Waals surface area (Å²) in [5.74, 6) is 0.392. The van der Waals surface area contributed by atoms with Gasteiger partial charge in [-0.1, -0.05) is 0 Å². The number of aliphatic hydroxyl groups is 1. The smallest absolute Gasteiger partial charge is 0.250 e. The van der Waals surface area contributed by atoms with Gasteiger partial charge in [0.25, 0.3) is 0 Å². The molecule has 1 aliphatic rings. The van der Waals surface area contributed by atoms with Crippen molar-refractivity contribution < 1.29 is 9.90 Å². The van der Waals surface area contributed by atoms with Crippen LogP contribution in [0.4, 0.5) is 11.5 Å². The molecule has 0 unspecified atom stereocenters. The molecule has 0 spiro atoms. The number of carbonyl (C=O) groups excluding carboxylic acids is 1. The Morgan fingerprint density at radius 1 is 1.50 bits per heavy atom. The van der Waals surface area contributed by atoms with E-state index >= 15 is 0 Å². The van der Waals surface area contributed by atoms with Gasteiger partial charge in [-0.3, -0.25) is 4.79 Å². The van der Waals surface area contributed by atoms with Crippen molar-refractivity contribution in [2.45, 2.75) is 25.8 Å². The maximum absolute atomic E-state index is 12.2. The van der Waals surface area contributed by atoms with E-state index in [1.54, 1.807) is 25.8 Å². The standard InChI is InChI=1S/C11H15ClN4O2/c1-6-7-8(15-10(12)13-6)16(3)11(2,4-5-17)9(18)14-7/h17H,4-5H2,1-3H3,(H,14,18)/t11-/m0/s1. The Balaban J connectivity index is 2.56. The number of aromatic nitrogens is 2. The number of amides is 1. The monoisotopic (exact) mass is 270 g/mol. The lowest BCUT2D eigenvalue weighted by atomic mass is 9.92. The molecule has 0 radical (unpaired) electrons. The van der Waals surface area contributed by atoms with Crippen molar-refractivity contribution in [3.05, 3.63) is 11.0 Å². The molecule has 0 saturated heterocycles. The summed E-state index contributed by atoms with van der Waals surface area (Å²) in [7, 11) is 1.76. The number of carbonyl (C=O) groups is 1. The number of nitrogens with one attached hydrogen (secondary N) is 1. The van der Waals surface area contributed by atoms with Gasteiger partial charge in [0.2, 0.25) is 11.2 Å². The maximum atomic E-state index is 12.2. The molecular weight excluding hydrogens is 256 g/mol. The average Bonchev–Trinajstić information content (AvgIpc) is 2.29. The molecule has 0 aromatic carbocycles. The molecule has 2 heterocycles. The van der Waals surface area contributed by atoms with E-state index in [9.17, 15) is 4.79 Å². The molecule has 98 valence electrons. The van der Waals surface area contributed by atoms with Crippen LogP contribution in [0.1, 0.15) is 19.0 Å². The summed E-state index contributed by atoms with van der Waals surface area (Å²) >= 11 is 5.84. The number of hydrogen-bond donors (Lipinski definition) is 2. The third-order valence-electron chi connectivity index (χ3n) is 3.43. The fourth-order valence-electron chi connectivity index (χ4n) is 2.05. The SMILES string of the molecule is Cc1nc(Cl)nc2c1NC(=O)[C@](C)(CCO)N2C. The summed E-state index contributed by atoms with van der Waals surface area (Å²) in [4.78, 5) is 22.1. The Bertz CT molecular complexity index is 508. The van der Waals surface area contributed by atoms with E-state index in [4.69, 9.17) is 16.7 Å². The van der Waals surface area contributed by atoms with E-state index in [0.717, 1.165) is 0 Å². The molecule has 1 amide bonds. The van der Waals surface area contributed by atoms with Crippen molar-refractivity contribution in [1.29, 1.82) is 0 Å². The van der Waals surface area contributed by atoms with Crippen LogP contribution < -0.4 is 10.2 Å². The van der Waals surface area contributed by atoms with Gasteiger partial charge in [-0.2, -0.15) is 4.98 Å². The Kier molecular flexibility index (Phi) is 3.16. The molecule has 0 bridgehead atoms. The van der Waals surface area contributed by atoms with Crippen LogP contribution in [0.2, 0.25) is 5.28 Å². The topological polar surface area (TPSA) is 78.3 Å². The highest BCUT2D eigenvalue weighted by molar-refractivity contribution is 6.28. The van der Waals surface area contributed by atoms with Crippen LogP contribution in [0, 0.1) is 6.92 Å². The first-order chi connectivity index (χ1) is 8.40. The molecule has 2 rings (SSSR count). The zero-order valence-corrected chi connectivity index (χ0v) is 11.2. The summed E-state index contributed by atoms with van der Waals surface area (Å²) in [6, 6.07) is 0. The molecule has 1 aromatic rings. The molecular formula is C11H15ClN4O2. The Labute approximate surface area is 110 Å². The first kappa shape index (κ1) is 13.0. The lowest BCUT2D eigenvalue weighted by Crippen LogP contribution is -2.57. The van der Waals surface area contributed by atoms with Crippen LogP contribution in [0.5, 0.6) is 0 Å². The van der Waals surface area contributed by atoms with E-state index < -0.39 is 5.54 Å². The van der Waals surface area contributed by atoms with Crippen LogP contribution in [-0.4, -0.2) is 40.2 Å². The number of nitrogens with zero attached hydrogens (tertiary/aromatic N) is 3. The highest BCUT2D eigenvalue weighted by Gasteiger charge is 2.43. The Morgan fingerprint density at radius 3 is 2.78 bits per heavy atom. The number of fused-ring (bicyclic) bond motifs is 1. The van der Waals surface area contributed by atoms with Crippen molar-refractivity contribution in [2.24, 2.45) is 0 Å². The molecule has 18 heavy (non-hydrogen) atoms. The van der Waals surface area contributed by atoms with Crippen molar-refractivity contribution in [3.8, 4) is 0 Å². The average molecular weight is 271 g/mol. The summed E-state index contributed by atoms with van der Waals surface area (Å²) in [5.41, 5.74) is 0.352. The minimum absolute atomic E-state index is 0.0820. The zero-order valence-electron chi connectivity index (χ0n) is 10.5. The van der Waals surface area contributed by atoms with Gasteiger partial charge in [-0.25, -0.2) is 4.98 Å². The largest absolute Gasteiger partial charge is 0.396 e. The predicted molar refractivity (Wildman–Crippen MR) is 68.9 cm³/mol. The van der Waals surface area contributed by atoms with Gasteiger partial charge in [0.1, 0.15) is 11.2 Å². The highest BCUT2D eigenvalue weighted by atomic mass is 35.5. The fraction of sp³-hybridized carbons (Fsp3) is 0.545. The summed E-state index contributed by atoms with van der Waals surface area (Å²) in [5, 5.41) is 12.0. The van der Waals surface area contributed by atoms with Gasteiger partial charge < -0.3 is 15.3 Å². The van der Waals surface area contributed by atoms with Gasteiger partial charge in [-0.05, 0) is 25.4 Å². The van der Waals surface area contributed by atoms with Crippen molar-refractivity contribution in [1.82, 2.24) is 9.97 Å². The van der Waals surface area contributed by atoms with E-state index in [0.29, 0.717) is 23.6 Å². The van der Waals surface area contributed by atoms with Gasteiger partial charge in [0.05, 0.1) is 5.69 Å². The van der Waals surface area contributed by atoms with Crippen molar-refractivity contribution in [3.63, 3.8) is 0 Å². The quantitative estimate of drug-likeness (QED) is 0.783. The van der Waals surface area contributed by atoms with E-state index in [1.807, 2.05) is 0 Å². The number of hydrogen-bond acceptors (Lipinski definition) is 5. The number of anilines is 2. The third-order valence-corrected chi connectivity index (χ3v) is 3.60. The predicted octanol–water partition coefficient (Wildman–Crippen LogP) is 0.968. The van der Waals surface area contributed by atoms with Gasteiger partial charge in [0, 0.05) is 20.1 Å². The summed E-state index contributed by atoms with van der Waals surface area (Å²) in [6.45, 7) is 3.43. The van der Waals surface area contributed by atoms with Gasteiger partial charge in [0.15, 0.2) is 5.82 Å². The van der Waals surface area contributed by atoms with Crippen LogP contribution >= 0.6 is 11.6 Å². The van der Waals surface area contributed by atoms with Crippen LogP contribution in [0.15, 0.2) is 0 Å². The van der Waals surface area contributed by atoms with Crippen molar-refractivity contribution >= 4 is 29.0 Å². The molecule has 0 saturated carbocycles. The molecule has 0 aliphatic carbocycles. The number of aliphatic hydroxyl groups excluding tert-OH is 1. The van der Waals surface area contributed by atoms with Crippen molar-refractivity contribution in [2.75, 3.05) is 23.9 Å². The highest BCUT2D eigenvalue weighted by Crippen LogP contribution is 2.37. The molecule has 0 fully saturated rings. The first-order valence-electron chi connectivity index (χ1n) is 5.60. The maximum Gasteiger partial charge on any atom is 0.250 e. The van der Waals surface area contributed by atoms with E-state index in [-0.39, 0.29) is 17.8 Å². The second-order valence-corrected chi connectivity index (χ2v) is 4.88. The minimum atomic E-state index is -0.841. The normalized spacial score (nSPS) is 22.7. The number of rotatable bonds is 2. The Morgan fingerprint density at radius 2 is 2.17 bits per heavy atom. The van der Waals surface area contributed by atoms with Crippen LogP contribution in [0.3, 0.4) is 0 Å². The lowest BCUT2D eigenvalue weighted by molar-refractivity contribution is -0.121. The van der Waals surface area contributed by atoms with Gasteiger partial charge in [-0.15, -0.1) is 0 Å². The number of halogens is 1. The molecule has 1 aromatic heterocycles. The zero-order chi connectivity index (χ0) is 13.5. The number of likely N-dealkylation sites (N-methyl/N-ethyl adjacent to an activating group) is 1. The summed E-state index contributed by atoms with van der Waals surface area (Å²) < 4.78 is 0. The molecule has 7 heteroatoms. The molecule has 1 atom stereocenters. The summed E-state index contributed by atoms with van der Waals surface area (Å²) in [6.07, 6.45) is 0.315. The molecule has 6 nitrogen and oxygen atoms in total. The lowest BCUT2D eigenvalue weighted by Gasteiger charge is -2.42. The third kappa shape index (κ3) is 1.81. The number of aryl methyl sites for hydroxylation is 1. The molecule has 2 N–H and O–H groups in total. The van der Waals surface area contributed by atoms with E-state index in [2.05, 4.69) is 15.3 Å². The Hall–Kier alpha value is -1.40. The first-order valence-corrected chi connectivity index (χ1v) is 5.98. The van der Waals surface area contributed by atoms with Gasteiger partial charge >= 0.3 is 0 Å². The van der Waals surface area contributed by atoms with Crippen LogP contribution in [-0.2, 0) is 4.79 Å². The van der Waals surface area contributed by atoms with Crippen LogP contribution in [0.25, 0.3) is 0 Å². The minimum Gasteiger partial charge on any atom is -0.396 e.